The number of para-hydroxylation sites is 1. The van der Waals surface area contributed by atoms with Crippen LogP contribution in [0.5, 0.6) is 0 Å². The van der Waals surface area contributed by atoms with E-state index in [2.05, 4.69) is 64.4 Å². The first-order chi connectivity index (χ1) is 31.7. The zero-order chi connectivity index (χ0) is 46.5. The number of hydrogen-bond donors (Lipinski definition) is 4. The number of aromatic nitrogens is 2. The number of piperidine rings is 2. The normalized spacial score (nSPS) is 18.3. The number of halogens is 2. The predicted molar refractivity (Wildman–Crippen MR) is 256 cm³/mol. The molecule has 3 saturated heterocycles. The number of carbonyl (C=O) groups is 4. The van der Waals surface area contributed by atoms with Crippen molar-refractivity contribution in [1.82, 2.24) is 30.0 Å². The van der Waals surface area contributed by atoms with E-state index in [-0.39, 0.29) is 29.2 Å². The summed E-state index contributed by atoms with van der Waals surface area (Å²) in [6.07, 6.45) is 5.51. The number of carbonyl (C=O) groups excluding carboxylic acids is 4. The van der Waals surface area contributed by atoms with E-state index >= 15 is 0 Å². The van der Waals surface area contributed by atoms with Gasteiger partial charge in [0.25, 0.3) is 11.8 Å². The third-order valence-corrected chi connectivity index (χ3v) is 14.4. The zero-order valence-corrected chi connectivity index (χ0v) is 38.7. The lowest BCUT2D eigenvalue weighted by Gasteiger charge is -2.43. The van der Waals surface area contributed by atoms with Crippen LogP contribution in [0.25, 0.3) is 0 Å². The van der Waals surface area contributed by atoms with Crippen molar-refractivity contribution in [3.05, 3.63) is 101 Å². The Hall–Kier alpha value is -6.11. The summed E-state index contributed by atoms with van der Waals surface area (Å²) < 4.78 is 27.0. The van der Waals surface area contributed by atoms with Gasteiger partial charge in [0.1, 0.15) is 18.2 Å². The molecular weight excluding hydrogens is 882 g/mol. The molecule has 66 heavy (non-hydrogen) atoms. The summed E-state index contributed by atoms with van der Waals surface area (Å²) >= 11 is 6.47. The van der Waals surface area contributed by atoms with Gasteiger partial charge in [-0.25, -0.2) is 9.37 Å². The summed E-state index contributed by atoms with van der Waals surface area (Å²) in [5.74, 6) is 4.17. The second-order valence-electron chi connectivity index (χ2n) is 17.3. The molecular formula is C48H53ClFN10O5P. The minimum absolute atomic E-state index is 0.198. The number of imide groups is 1. The molecule has 344 valence electrons. The maximum atomic E-state index is 14.0. The van der Waals surface area contributed by atoms with Crippen LogP contribution < -0.4 is 31.5 Å². The fourth-order valence-electron chi connectivity index (χ4n) is 9.08. The van der Waals surface area contributed by atoms with Crippen LogP contribution in [0.1, 0.15) is 60.0 Å². The van der Waals surface area contributed by atoms with Crippen LogP contribution in [0.2, 0.25) is 5.02 Å². The van der Waals surface area contributed by atoms with Crippen LogP contribution in [-0.2, 0) is 25.5 Å². The Morgan fingerprint density at radius 1 is 0.970 bits per heavy atom. The number of amides is 4. The second kappa shape index (κ2) is 20.2. The number of benzene rings is 3. The fraction of sp³-hybridized carbons (Fsp3) is 0.375. The molecule has 8 rings (SSSR count). The molecule has 1 atom stereocenters. The standard InChI is InChI=1S/C48H53ClFN10O5P/c1-31(50)45(62)54-39-28-33(52-48-51-29-37(49)44(56-48)53-38-13-6-7-14-42(38)66(2,3)65)15-16-40(39)59-22-19-34(20-23-59)58-26-24-57(25-27-58)21-8-4-5-10-32-11-9-12-35-36(32)30-60(47(35)64)41-17-18-43(61)55-46(41)63/h6-7,9,11-16,28-29,34,41H,1,4,8,17-27,30H2,2-3H3,(H,54,62)(H,55,61,63)(H2,51,52,53,56). The number of piperazine rings is 1. The number of unbranched alkanes of at least 4 members (excludes halogenated alkanes) is 1. The van der Waals surface area contributed by atoms with Crippen LogP contribution in [0, 0.1) is 11.8 Å². The van der Waals surface area contributed by atoms with E-state index in [1.54, 1.807) is 36.4 Å². The van der Waals surface area contributed by atoms with Gasteiger partial charge in [-0.05, 0) is 93.6 Å². The van der Waals surface area contributed by atoms with Crippen LogP contribution in [0.4, 0.5) is 38.9 Å². The molecule has 5 heterocycles. The average Bonchev–Trinajstić information content (AvgIpc) is 3.63. The molecule has 4 aliphatic rings. The number of nitrogens with zero attached hydrogens (tertiary/aromatic N) is 6. The van der Waals surface area contributed by atoms with Gasteiger partial charge in [0.2, 0.25) is 17.8 Å². The Kier molecular flexibility index (Phi) is 14.2. The lowest BCUT2D eigenvalue weighted by atomic mass is 10.0. The zero-order valence-electron chi connectivity index (χ0n) is 37.0. The predicted octanol–water partition coefficient (Wildman–Crippen LogP) is 6.47. The molecule has 18 heteroatoms. The van der Waals surface area contributed by atoms with Crippen molar-refractivity contribution in [2.45, 2.75) is 57.2 Å². The van der Waals surface area contributed by atoms with Crippen molar-refractivity contribution in [2.24, 2.45) is 0 Å². The molecule has 0 bridgehead atoms. The molecule has 0 saturated carbocycles. The Morgan fingerprint density at radius 3 is 2.48 bits per heavy atom. The van der Waals surface area contributed by atoms with Crippen LogP contribution in [-0.4, -0.2) is 120 Å². The van der Waals surface area contributed by atoms with Crippen LogP contribution in [0.15, 0.2) is 79.3 Å². The fourth-order valence-corrected chi connectivity index (χ4v) is 10.4. The SMILES string of the molecule is C=C(F)C(=O)Nc1cc(Nc2ncc(Cl)c(Nc3ccccc3P(C)(C)=O)n2)ccc1N1CCC(N2CCN(CCCC#Cc3cccc4c3CN(C3CCC(=O)NC3=O)C4=O)CC2)CC1. The van der Waals surface area contributed by atoms with Gasteiger partial charge in [-0.1, -0.05) is 48.2 Å². The minimum Gasteiger partial charge on any atom is -0.370 e. The Labute approximate surface area is 388 Å². The molecule has 1 unspecified atom stereocenters. The highest BCUT2D eigenvalue weighted by atomic mass is 35.5. The highest BCUT2D eigenvalue weighted by Gasteiger charge is 2.40. The van der Waals surface area contributed by atoms with E-state index in [1.165, 1.54) is 6.20 Å². The lowest BCUT2D eigenvalue weighted by Crippen LogP contribution is -2.53. The minimum atomic E-state index is -2.61. The number of rotatable bonds is 13. The van der Waals surface area contributed by atoms with Gasteiger partial charge in [-0.3, -0.25) is 29.4 Å². The van der Waals surface area contributed by atoms with Crippen LogP contribution in [0.3, 0.4) is 0 Å². The van der Waals surface area contributed by atoms with E-state index in [1.807, 2.05) is 42.5 Å². The highest BCUT2D eigenvalue weighted by molar-refractivity contribution is 7.70. The van der Waals surface area contributed by atoms with E-state index in [4.69, 9.17) is 11.6 Å². The first-order valence-corrected chi connectivity index (χ1v) is 25.2. The number of anilines is 6. The molecule has 3 aromatic carbocycles. The molecule has 4 N–H and O–H groups in total. The molecule has 4 aliphatic heterocycles. The van der Waals surface area contributed by atoms with E-state index in [0.29, 0.717) is 52.8 Å². The summed E-state index contributed by atoms with van der Waals surface area (Å²) in [5, 5.41) is 12.3. The molecule has 4 amide bonds. The van der Waals surface area contributed by atoms with Crippen molar-refractivity contribution < 1.29 is 28.1 Å². The summed E-state index contributed by atoms with van der Waals surface area (Å²) in [5.41, 5.74) is 4.56. The number of fused-ring (bicyclic) bond motifs is 1. The van der Waals surface area contributed by atoms with E-state index in [9.17, 15) is 28.1 Å². The van der Waals surface area contributed by atoms with Gasteiger partial charge in [0, 0.05) is 86.8 Å². The smallest absolute Gasteiger partial charge is 0.283 e. The van der Waals surface area contributed by atoms with Crippen molar-refractivity contribution >= 4 is 82.2 Å². The molecule has 0 radical (unpaired) electrons. The average molecular weight is 935 g/mol. The van der Waals surface area contributed by atoms with Gasteiger partial charge >= 0.3 is 0 Å². The highest BCUT2D eigenvalue weighted by Crippen LogP contribution is 2.39. The van der Waals surface area contributed by atoms with Gasteiger partial charge in [0.15, 0.2) is 11.6 Å². The van der Waals surface area contributed by atoms with Gasteiger partial charge in [-0.2, -0.15) is 4.98 Å². The van der Waals surface area contributed by atoms with Crippen LogP contribution >= 0.6 is 18.7 Å². The monoisotopic (exact) mass is 934 g/mol. The number of hydrogen-bond acceptors (Lipinski definition) is 12. The quantitative estimate of drug-likeness (QED) is 0.0380. The van der Waals surface area contributed by atoms with Gasteiger partial charge in [0.05, 0.1) is 23.3 Å². The van der Waals surface area contributed by atoms with Crippen molar-refractivity contribution in [3.63, 3.8) is 0 Å². The topological polar surface area (TPSA) is 172 Å². The molecule has 4 aromatic rings. The summed E-state index contributed by atoms with van der Waals surface area (Å²) in [7, 11) is -2.61. The Balaban J connectivity index is 0.822. The third kappa shape index (κ3) is 10.8. The van der Waals surface area contributed by atoms with Crippen molar-refractivity contribution in [1.29, 1.82) is 0 Å². The van der Waals surface area contributed by atoms with Gasteiger partial charge < -0.3 is 35.2 Å². The maximum absolute atomic E-state index is 14.0. The second-order valence-corrected chi connectivity index (χ2v) is 20.9. The lowest BCUT2D eigenvalue weighted by molar-refractivity contribution is -0.137. The van der Waals surface area contributed by atoms with E-state index in [0.717, 1.165) is 88.3 Å². The molecule has 0 aliphatic carbocycles. The molecule has 3 fully saturated rings. The molecule has 15 nitrogen and oxygen atoms in total. The largest absolute Gasteiger partial charge is 0.370 e. The van der Waals surface area contributed by atoms with E-state index < -0.39 is 30.8 Å². The summed E-state index contributed by atoms with van der Waals surface area (Å²) in [6.45, 7) is 13.2. The molecule has 0 spiro atoms. The van der Waals surface area contributed by atoms with Crippen molar-refractivity contribution in [2.75, 3.05) is 80.0 Å². The maximum Gasteiger partial charge on any atom is 0.283 e. The Morgan fingerprint density at radius 2 is 1.74 bits per heavy atom. The van der Waals surface area contributed by atoms with Gasteiger partial charge in [-0.15, -0.1) is 0 Å². The first kappa shape index (κ1) is 46.4. The van der Waals surface area contributed by atoms with Crippen molar-refractivity contribution in [3.8, 4) is 11.8 Å². The third-order valence-electron chi connectivity index (χ3n) is 12.5. The number of nitrogens with one attached hydrogen (secondary N) is 4. The summed E-state index contributed by atoms with van der Waals surface area (Å²) in [4.78, 5) is 67.6. The summed E-state index contributed by atoms with van der Waals surface area (Å²) in [6, 6.07) is 18.0. The molecule has 1 aromatic heterocycles. The Bertz CT molecular complexity index is 2670. The first-order valence-electron chi connectivity index (χ1n) is 22.2.